The number of carbonyl (C=O) groups is 2. The van der Waals surface area contributed by atoms with Gasteiger partial charge in [-0.2, -0.15) is 0 Å². The molecule has 1 heterocycles. The molecule has 0 aliphatic carbocycles. The van der Waals surface area contributed by atoms with Crippen LogP contribution in [0.5, 0.6) is 5.75 Å². The molecule has 4 nitrogen and oxygen atoms in total. The minimum atomic E-state index is -0.116. The van der Waals surface area contributed by atoms with Crippen molar-refractivity contribution in [1.29, 1.82) is 0 Å². The van der Waals surface area contributed by atoms with Crippen LogP contribution >= 0.6 is 0 Å². The summed E-state index contributed by atoms with van der Waals surface area (Å²) in [5.41, 5.74) is 1.40. The Morgan fingerprint density at radius 2 is 1.76 bits per heavy atom. The predicted octanol–water partition coefficient (Wildman–Crippen LogP) is 2.69. The lowest BCUT2D eigenvalue weighted by Crippen LogP contribution is -2.40. The summed E-state index contributed by atoms with van der Waals surface area (Å²) in [6.45, 7) is 0.392. The summed E-state index contributed by atoms with van der Waals surface area (Å²) in [4.78, 5) is 25.8. The van der Waals surface area contributed by atoms with Gasteiger partial charge in [0.1, 0.15) is 5.75 Å². The van der Waals surface area contributed by atoms with Crippen LogP contribution in [0.4, 0.5) is 5.69 Å². The normalized spacial score (nSPS) is 13.5. The maximum absolute atomic E-state index is 12.1. The Morgan fingerprint density at radius 3 is 2.57 bits per heavy atom. The highest BCUT2D eigenvalue weighted by molar-refractivity contribution is 6.00. The second kappa shape index (κ2) is 5.79. The van der Waals surface area contributed by atoms with Crippen molar-refractivity contribution >= 4 is 17.4 Å². The maximum atomic E-state index is 12.1. The van der Waals surface area contributed by atoms with E-state index in [0.717, 1.165) is 5.69 Å². The van der Waals surface area contributed by atoms with E-state index in [0.29, 0.717) is 24.3 Å². The standard InChI is InChI=1S/C17H15NO3/c19-15(13-6-2-1-3-7-13)10-11-18-14-8-4-5-9-16(14)21-12-17(18)20/h1-9H,10-12H2. The first-order chi connectivity index (χ1) is 10.3. The molecule has 1 aliphatic rings. The Labute approximate surface area is 123 Å². The minimum absolute atomic E-state index is 0.0243. The molecule has 4 heteroatoms. The summed E-state index contributed by atoms with van der Waals surface area (Å²) in [7, 11) is 0. The van der Waals surface area contributed by atoms with Crippen LogP contribution in [0.25, 0.3) is 0 Å². The molecule has 0 atom stereocenters. The number of nitrogens with zero attached hydrogens (tertiary/aromatic N) is 1. The molecule has 21 heavy (non-hydrogen) atoms. The fourth-order valence-corrected chi connectivity index (χ4v) is 2.38. The summed E-state index contributed by atoms with van der Waals surface area (Å²) in [6.07, 6.45) is 0.296. The number of rotatable bonds is 4. The molecule has 0 N–H and O–H groups in total. The van der Waals surface area contributed by atoms with Crippen LogP contribution in [0.1, 0.15) is 16.8 Å². The van der Waals surface area contributed by atoms with Gasteiger partial charge in [-0.25, -0.2) is 0 Å². The van der Waals surface area contributed by atoms with Gasteiger partial charge >= 0.3 is 0 Å². The molecule has 0 fully saturated rings. The fourth-order valence-electron chi connectivity index (χ4n) is 2.38. The van der Waals surface area contributed by atoms with Gasteiger partial charge in [-0.15, -0.1) is 0 Å². The van der Waals surface area contributed by atoms with Crippen molar-refractivity contribution in [3.05, 3.63) is 60.2 Å². The molecule has 2 aromatic carbocycles. The summed E-state index contributed by atoms with van der Waals surface area (Å²) in [5.74, 6) is 0.603. The number of anilines is 1. The first-order valence-corrected chi connectivity index (χ1v) is 6.86. The van der Waals surface area contributed by atoms with Gasteiger partial charge in [0.15, 0.2) is 12.4 Å². The van der Waals surface area contributed by atoms with E-state index >= 15 is 0 Å². The van der Waals surface area contributed by atoms with Crippen molar-refractivity contribution in [2.75, 3.05) is 18.1 Å². The maximum Gasteiger partial charge on any atom is 0.265 e. The molecule has 2 aromatic rings. The number of amides is 1. The molecule has 0 spiro atoms. The first-order valence-electron chi connectivity index (χ1n) is 6.86. The van der Waals surface area contributed by atoms with E-state index in [1.54, 1.807) is 17.0 Å². The zero-order chi connectivity index (χ0) is 14.7. The van der Waals surface area contributed by atoms with E-state index in [9.17, 15) is 9.59 Å². The van der Waals surface area contributed by atoms with E-state index in [1.807, 2.05) is 42.5 Å². The lowest BCUT2D eigenvalue weighted by atomic mass is 10.1. The summed E-state index contributed by atoms with van der Waals surface area (Å²) >= 11 is 0. The van der Waals surface area contributed by atoms with Gasteiger partial charge in [0, 0.05) is 18.5 Å². The van der Waals surface area contributed by atoms with Gasteiger partial charge in [-0.1, -0.05) is 42.5 Å². The topological polar surface area (TPSA) is 46.6 Å². The van der Waals surface area contributed by atoms with Crippen molar-refractivity contribution in [2.24, 2.45) is 0 Å². The van der Waals surface area contributed by atoms with Crippen LogP contribution in [0.3, 0.4) is 0 Å². The number of carbonyl (C=O) groups excluding carboxylic acids is 2. The third-order valence-electron chi connectivity index (χ3n) is 3.47. The summed E-state index contributed by atoms with van der Waals surface area (Å²) in [5, 5.41) is 0. The van der Waals surface area contributed by atoms with Crippen LogP contribution in [-0.2, 0) is 4.79 Å². The van der Waals surface area contributed by atoms with Gasteiger partial charge in [-0.3, -0.25) is 9.59 Å². The van der Waals surface area contributed by atoms with E-state index in [2.05, 4.69) is 0 Å². The molecule has 3 rings (SSSR count). The smallest absolute Gasteiger partial charge is 0.265 e. The van der Waals surface area contributed by atoms with E-state index < -0.39 is 0 Å². The summed E-state index contributed by atoms with van der Waals surface area (Å²) < 4.78 is 5.38. The van der Waals surface area contributed by atoms with Crippen LogP contribution in [0, 0.1) is 0 Å². The van der Waals surface area contributed by atoms with Crippen molar-refractivity contribution < 1.29 is 14.3 Å². The van der Waals surface area contributed by atoms with E-state index in [4.69, 9.17) is 4.74 Å². The monoisotopic (exact) mass is 281 g/mol. The Kier molecular flexibility index (Phi) is 3.69. The van der Waals surface area contributed by atoms with Crippen molar-refractivity contribution in [3.8, 4) is 5.75 Å². The SMILES string of the molecule is O=C(CCN1C(=O)COc2ccccc21)c1ccccc1. The fraction of sp³-hybridized carbons (Fsp3) is 0.176. The zero-order valence-electron chi connectivity index (χ0n) is 11.5. The molecule has 1 amide bonds. The molecule has 106 valence electrons. The lowest BCUT2D eigenvalue weighted by molar-refractivity contribution is -0.121. The van der Waals surface area contributed by atoms with Gasteiger partial charge in [0.05, 0.1) is 5.69 Å². The average molecular weight is 281 g/mol. The molecular formula is C17H15NO3. The van der Waals surface area contributed by atoms with Gasteiger partial charge in [-0.05, 0) is 12.1 Å². The number of ether oxygens (including phenoxy) is 1. The van der Waals surface area contributed by atoms with E-state index in [1.165, 1.54) is 0 Å². The molecule has 0 aromatic heterocycles. The largest absolute Gasteiger partial charge is 0.482 e. The van der Waals surface area contributed by atoms with Crippen molar-refractivity contribution in [3.63, 3.8) is 0 Å². The van der Waals surface area contributed by atoms with Gasteiger partial charge < -0.3 is 9.64 Å². The van der Waals surface area contributed by atoms with Crippen molar-refractivity contribution in [1.82, 2.24) is 0 Å². The highest BCUT2D eigenvalue weighted by atomic mass is 16.5. The Bertz CT molecular complexity index is 667. The quantitative estimate of drug-likeness (QED) is 0.809. The molecule has 0 radical (unpaired) electrons. The Balaban J connectivity index is 1.73. The molecular weight excluding hydrogens is 266 g/mol. The molecule has 0 unspecified atom stereocenters. The lowest BCUT2D eigenvalue weighted by Gasteiger charge is -2.29. The zero-order valence-corrected chi connectivity index (χ0v) is 11.5. The summed E-state index contributed by atoms with van der Waals surface area (Å²) in [6, 6.07) is 16.5. The van der Waals surface area contributed by atoms with E-state index in [-0.39, 0.29) is 18.3 Å². The van der Waals surface area contributed by atoms with Crippen molar-refractivity contribution in [2.45, 2.75) is 6.42 Å². The number of ketones is 1. The highest BCUT2D eigenvalue weighted by Gasteiger charge is 2.25. The number of para-hydroxylation sites is 2. The molecule has 0 saturated carbocycles. The minimum Gasteiger partial charge on any atom is -0.482 e. The average Bonchev–Trinajstić information content (AvgIpc) is 2.54. The molecule has 0 saturated heterocycles. The Morgan fingerprint density at radius 1 is 1.05 bits per heavy atom. The second-order valence-corrected chi connectivity index (χ2v) is 4.84. The number of fused-ring (bicyclic) bond motifs is 1. The van der Waals surface area contributed by atoms with Gasteiger partial charge in [0.2, 0.25) is 0 Å². The first kappa shape index (κ1) is 13.4. The number of hydrogen-bond donors (Lipinski definition) is 0. The molecule has 0 bridgehead atoms. The number of hydrogen-bond acceptors (Lipinski definition) is 3. The molecule has 1 aliphatic heterocycles. The van der Waals surface area contributed by atoms with Crippen LogP contribution in [0.2, 0.25) is 0 Å². The number of benzene rings is 2. The van der Waals surface area contributed by atoms with Gasteiger partial charge in [0.25, 0.3) is 5.91 Å². The third-order valence-corrected chi connectivity index (χ3v) is 3.47. The Hall–Kier alpha value is -2.62. The predicted molar refractivity (Wildman–Crippen MR) is 79.7 cm³/mol. The second-order valence-electron chi connectivity index (χ2n) is 4.84. The van der Waals surface area contributed by atoms with Crippen LogP contribution in [-0.4, -0.2) is 24.8 Å². The third kappa shape index (κ3) is 2.79. The van der Waals surface area contributed by atoms with Crippen LogP contribution < -0.4 is 9.64 Å². The number of Topliss-reactive ketones (excluding diaryl/α,β-unsaturated/α-hetero) is 1. The highest BCUT2D eigenvalue weighted by Crippen LogP contribution is 2.31. The van der Waals surface area contributed by atoms with Crippen LogP contribution in [0.15, 0.2) is 54.6 Å².